The van der Waals surface area contributed by atoms with Crippen LogP contribution in [-0.2, 0) is 22.4 Å². The molecule has 6 heteroatoms. The number of aromatic amines is 1. The maximum absolute atomic E-state index is 12.8. The lowest BCUT2D eigenvalue weighted by Crippen LogP contribution is -2.45. The Morgan fingerprint density at radius 3 is 2.75 bits per heavy atom. The molecule has 2 heterocycles. The Morgan fingerprint density at radius 1 is 1.12 bits per heavy atom. The minimum atomic E-state index is -0.128. The fourth-order valence-corrected chi connectivity index (χ4v) is 4.42. The Balaban J connectivity index is 1.23. The number of nitrogens with zero attached hydrogens (tertiary/aromatic N) is 1. The number of carbonyl (C=O) groups is 2. The Morgan fingerprint density at radius 2 is 1.94 bits per heavy atom. The SMILES string of the molecule is COc1ccc(CCNC(=O)[C@H]2CCCN(C(=O)CCc3c[nH]c4ccccc34)C2)cc1. The summed E-state index contributed by atoms with van der Waals surface area (Å²) in [4.78, 5) is 30.6. The van der Waals surface area contributed by atoms with Crippen molar-refractivity contribution in [1.82, 2.24) is 15.2 Å². The molecule has 32 heavy (non-hydrogen) atoms. The zero-order valence-electron chi connectivity index (χ0n) is 18.6. The van der Waals surface area contributed by atoms with Crippen LogP contribution in [0.5, 0.6) is 5.75 Å². The standard InChI is InChI=1S/C26H31N3O3/c1-32-22-11-8-19(9-12-22)14-15-27-26(31)21-5-4-16-29(18-21)25(30)13-10-20-17-28-24-7-3-2-6-23(20)24/h2-3,6-9,11-12,17,21,28H,4-5,10,13-16,18H2,1H3,(H,27,31)/t21-/m0/s1. The molecule has 4 rings (SSSR count). The molecule has 1 aliphatic rings. The predicted octanol–water partition coefficient (Wildman–Crippen LogP) is 3.71. The largest absolute Gasteiger partial charge is 0.497 e. The molecule has 168 valence electrons. The molecule has 0 radical (unpaired) electrons. The number of rotatable bonds is 8. The predicted molar refractivity (Wildman–Crippen MR) is 126 cm³/mol. The Kier molecular flexibility index (Phi) is 7.10. The van der Waals surface area contributed by atoms with Gasteiger partial charge in [0.05, 0.1) is 13.0 Å². The molecule has 3 aromatic rings. The number of aryl methyl sites for hydroxylation is 1. The molecule has 1 aliphatic heterocycles. The number of nitrogens with one attached hydrogen (secondary N) is 2. The van der Waals surface area contributed by atoms with E-state index < -0.39 is 0 Å². The number of hydrogen-bond acceptors (Lipinski definition) is 3. The van der Waals surface area contributed by atoms with Crippen LogP contribution >= 0.6 is 0 Å². The summed E-state index contributed by atoms with van der Waals surface area (Å²) < 4.78 is 5.17. The van der Waals surface area contributed by atoms with E-state index in [1.807, 2.05) is 53.6 Å². The molecule has 6 nitrogen and oxygen atoms in total. The van der Waals surface area contributed by atoms with Crippen molar-refractivity contribution in [1.29, 1.82) is 0 Å². The maximum atomic E-state index is 12.8. The van der Waals surface area contributed by atoms with E-state index in [0.29, 0.717) is 25.9 Å². The number of carbonyl (C=O) groups excluding carboxylic acids is 2. The van der Waals surface area contributed by atoms with Gasteiger partial charge in [-0.25, -0.2) is 0 Å². The van der Waals surface area contributed by atoms with Crippen LogP contribution < -0.4 is 10.1 Å². The number of benzene rings is 2. The van der Waals surface area contributed by atoms with Gasteiger partial charge >= 0.3 is 0 Å². The van der Waals surface area contributed by atoms with E-state index in [9.17, 15) is 9.59 Å². The molecule has 2 amide bonds. The van der Waals surface area contributed by atoms with Crippen molar-refractivity contribution < 1.29 is 14.3 Å². The highest BCUT2D eigenvalue weighted by Gasteiger charge is 2.28. The van der Waals surface area contributed by atoms with Crippen LogP contribution in [0.4, 0.5) is 0 Å². The van der Waals surface area contributed by atoms with Gasteiger partial charge in [0.1, 0.15) is 5.75 Å². The molecule has 0 spiro atoms. The van der Waals surface area contributed by atoms with Crippen molar-refractivity contribution in [2.75, 3.05) is 26.7 Å². The second-order valence-corrected chi connectivity index (χ2v) is 8.43. The summed E-state index contributed by atoms with van der Waals surface area (Å²) in [5.41, 5.74) is 3.42. The Hall–Kier alpha value is -3.28. The van der Waals surface area contributed by atoms with E-state index >= 15 is 0 Å². The highest BCUT2D eigenvalue weighted by molar-refractivity contribution is 5.84. The average molecular weight is 434 g/mol. The van der Waals surface area contributed by atoms with Gasteiger partial charge in [-0.15, -0.1) is 0 Å². The third-order valence-corrected chi connectivity index (χ3v) is 6.30. The van der Waals surface area contributed by atoms with Gasteiger partial charge in [-0.05, 0) is 55.0 Å². The lowest BCUT2D eigenvalue weighted by molar-refractivity contribution is -0.135. The van der Waals surface area contributed by atoms with Crippen LogP contribution in [-0.4, -0.2) is 48.4 Å². The Bertz CT molecular complexity index is 1060. The summed E-state index contributed by atoms with van der Waals surface area (Å²) in [6, 6.07) is 16.0. The van der Waals surface area contributed by atoms with E-state index in [0.717, 1.165) is 42.6 Å². The fourth-order valence-electron chi connectivity index (χ4n) is 4.42. The number of para-hydroxylation sites is 1. The quantitative estimate of drug-likeness (QED) is 0.569. The number of likely N-dealkylation sites (tertiary alicyclic amines) is 1. The Labute approximate surface area is 188 Å². The zero-order chi connectivity index (χ0) is 22.3. The van der Waals surface area contributed by atoms with Crippen LogP contribution in [0.3, 0.4) is 0 Å². The van der Waals surface area contributed by atoms with Gasteiger partial charge in [0.25, 0.3) is 0 Å². The molecule has 1 atom stereocenters. The first-order valence-electron chi connectivity index (χ1n) is 11.4. The number of amides is 2. The van der Waals surface area contributed by atoms with Gasteiger partial charge < -0.3 is 19.9 Å². The smallest absolute Gasteiger partial charge is 0.224 e. The van der Waals surface area contributed by atoms with Gasteiger partial charge in [0.2, 0.25) is 11.8 Å². The molecule has 1 saturated heterocycles. The third-order valence-electron chi connectivity index (χ3n) is 6.30. The molecule has 2 N–H and O–H groups in total. The monoisotopic (exact) mass is 433 g/mol. The lowest BCUT2D eigenvalue weighted by atomic mass is 9.96. The van der Waals surface area contributed by atoms with Crippen molar-refractivity contribution >= 4 is 22.7 Å². The van der Waals surface area contributed by atoms with Crippen LogP contribution in [0, 0.1) is 5.92 Å². The van der Waals surface area contributed by atoms with Crippen LogP contribution in [0.1, 0.15) is 30.4 Å². The van der Waals surface area contributed by atoms with Crippen molar-refractivity contribution in [3.63, 3.8) is 0 Å². The number of methoxy groups -OCH3 is 1. The first-order chi connectivity index (χ1) is 15.6. The minimum Gasteiger partial charge on any atom is -0.497 e. The van der Waals surface area contributed by atoms with E-state index in [1.54, 1.807) is 7.11 Å². The molecule has 0 aliphatic carbocycles. The van der Waals surface area contributed by atoms with Gasteiger partial charge in [-0.3, -0.25) is 9.59 Å². The molecular weight excluding hydrogens is 402 g/mol. The molecule has 0 unspecified atom stereocenters. The lowest BCUT2D eigenvalue weighted by Gasteiger charge is -2.32. The van der Waals surface area contributed by atoms with Gasteiger partial charge in [-0.2, -0.15) is 0 Å². The zero-order valence-corrected chi connectivity index (χ0v) is 18.6. The number of aromatic nitrogens is 1. The van der Waals surface area contributed by atoms with E-state index in [-0.39, 0.29) is 17.7 Å². The second-order valence-electron chi connectivity index (χ2n) is 8.43. The summed E-state index contributed by atoms with van der Waals surface area (Å²) in [5, 5.41) is 4.23. The highest BCUT2D eigenvalue weighted by Crippen LogP contribution is 2.21. The van der Waals surface area contributed by atoms with Gasteiger partial charge in [0, 0.05) is 43.2 Å². The molecule has 0 saturated carbocycles. The number of H-pyrrole nitrogens is 1. The normalized spacial score (nSPS) is 16.2. The average Bonchev–Trinajstić information content (AvgIpc) is 3.26. The third kappa shape index (κ3) is 5.31. The molecular formula is C26H31N3O3. The first-order valence-corrected chi connectivity index (χ1v) is 11.4. The first kappa shape index (κ1) is 21.9. The molecule has 1 aromatic heterocycles. The van der Waals surface area contributed by atoms with Crippen molar-refractivity contribution in [2.45, 2.75) is 32.1 Å². The molecule has 2 aromatic carbocycles. The van der Waals surface area contributed by atoms with Crippen LogP contribution in [0.2, 0.25) is 0 Å². The van der Waals surface area contributed by atoms with Crippen LogP contribution in [0.15, 0.2) is 54.7 Å². The highest BCUT2D eigenvalue weighted by atomic mass is 16.5. The topological polar surface area (TPSA) is 74.4 Å². The van der Waals surface area contributed by atoms with Crippen molar-refractivity contribution in [2.24, 2.45) is 5.92 Å². The van der Waals surface area contributed by atoms with E-state index in [2.05, 4.69) is 16.4 Å². The molecule has 1 fully saturated rings. The molecule has 0 bridgehead atoms. The summed E-state index contributed by atoms with van der Waals surface area (Å²) >= 11 is 0. The fraction of sp³-hybridized carbons (Fsp3) is 0.385. The van der Waals surface area contributed by atoms with E-state index in [4.69, 9.17) is 4.74 Å². The van der Waals surface area contributed by atoms with Crippen molar-refractivity contribution in [3.05, 3.63) is 65.9 Å². The maximum Gasteiger partial charge on any atom is 0.224 e. The van der Waals surface area contributed by atoms with Crippen LogP contribution in [0.25, 0.3) is 10.9 Å². The minimum absolute atomic E-state index is 0.0487. The number of fused-ring (bicyclic) bond motifs is 1. The second kappa shape index (κ2) is 10.4. The summed E-state index contributed by atoms with van der Waals surface area (Å²) in [5.74, 6) is 0.879. The summed E-state index contributed by atoms with van der Waals surface area (Å²) in [6.45, 7) is 1.85. The number of hydrogen-bond donors (Lipinski definition) is 2. The number of ether oxygens (including phenoxy) is 1. The van der Waals surface area contributed by atoms with Crippen molar-refractivity contribution in [3.8, 4) is 5.75 Å². The number of piperidine rings is 1. The summed E-state index contributed by atoms with van der Waals surface area (Å²) in [7, 11) is 1.65. The van der Waals surface area contributed by atoms with Gasteiger partial charge in [0.15, 0.2) is 0 Å². The summed E-state index contributed by atoms with van der Waals surface area (Å²) in [6.07, 6.45) is 5.64. The van der Waals surface area contributed by atoms with E-state index in [1.165, 1.54) is 10.9 Å². The van der Waals surface area contributed by atoms with Gasteiger partial charge in [-0.1, -0.05) is 30.3 Å².